The third-order valence-electron chi connectivity index (χ3n) is 3.52. The van der Waals surface area contributed by atoms with E-state index in [4.69, 9.17) is 9.47 Å². The zero-order valence-electron chi connectivity index (χ0n) is 9.97. The van der Waals surface area contributed by atoms with Crippen LogP contribution < -0.4 is 5.32 Å². The molecule has 0 amide bonds. The normalized spacial score (nSPS) is 34.0. The third kappa shape index (κ3) is 2.51. The smallest absolute Gasteiger partial charge is 0.104 e. The van der Waals surface area contributed by atoms with Crippen LogP contribution in [-0.2, 0) is 16.0 Å². The highest BCUT2D eigenvalue weighted by Gasteiger charge is 2.41. The Labute approximate surface area is 101 Å². The third-order valence-corrected chi connectivity index (χ3v) is 3.52. The summed E-state index contributed by atoms with van der Waals surface area (Å²) in [6.07, 6.45) is 6.21. The molecule has 5 nitrogen and oxygen atoms in total. The predicted octanol–water partition coefficient (Wildman–Crippen LogP) is 0.421. The van der Waals surface area contributed by atoms with E-state index in [0.717, 1.165) is 45.7 Å². The first kappa shape index (κ1) is 11.2. The quantitative estimate of drug-likeness (QED) is 0.810. The van der Waals surface area contributed by atoms with Crippen LogP contribution in [-0.4, -0.2) is 47.8 Å². The SMILES string of the molecule is c1cnn(CC2CC[C@@]3(CNCCOC3)O2)c1. The first-order valence-corrected chi connectivity index (χ1v) is 6.30. The largest absolute Gasteiger partial charge is 0.377 e. The average molecular weight is 237 g/mol. The van der Waals surface area contributed by atoms with Crippen LogP contribution in [0.1, 0.15) is 12.8 Å². The van der Waals surface area contributed by atoms with E-state index < -0.39 is 0 Å². The van der Waals surface area contributed by atoms with Gasteiger partial charge < -0.3 is 14.8 Å². The summed E-state index contributed by atoms with van der Waals surface area (Å²) >= 11 is 0. The van der Waals surface area contributed by atoms with E-state index in [2.05, 4.69) is 10.4 Å². The molecule has 0 saturated carbocycles. The molecule has 1 unspecified atom stereocenters. The molecule has 2 saturated heterocycles. The molecule has 0 aromatic carbocycles. The van der Waals surface area contributed by atoms with Crippen LogP contribution in [0.4, 0.5) is 0 Å². The van der Waals surface area contributed by atoms with E-state index in [-0.39, 0.29) is 11.7 Å². The summed E-state index contributed by atoms with van der Waals surface area (Å²) in [6.45, 7) is 4.18. The fraction of sp³-hybridized carbons (Fsp3) is 0.750. The van der Waals surface area contributed by atoms with Crippen molar-refractivity contribution in [2.75, 3.05) is 26.3 Å². The molecular formula is C12H19N3O2. The predicted molar refractivity (Wildman–Crippen MR) is 62.8 cm³/mol. The first-order chi connectivity index (χ1) is 8.36. The lowest BCUT2D eigenvalue weighted by atomic mass is 10.0. The van der Waals surface area contributed by atoms with Crippen molar-refractivity contribution in [1.29, 1.82) is 0 Å². The molecule has 0 radical (unpaired) electrons. The van der Waals surface area contributed by atoms with Crippen LogP contribution in [0, 0.1) is 0 Å². The van der Waals surface area contributed by atoms with Crippen molar-refractivity contribution in [3.8, 4) is 0 Å². The maximum Gasteiger partial charge on any atom is 0.104 e. The second-order valence-corrected chi connectivity index (χ2v) is 4.92. The lowest BCUT2D eigenvalue weighted by Gasteiger charge is -2.27. The van der Waals surface area contributed by atoms with Crippen molar-refractivity contribution < 1.29 is 9.47 Å². The molecule has 5 heteroatoms. The molecule has 0 aliphatic carbocycles. The number of ether oxygens (including phenoxy) is 2. The van der Waals surface area contributed by atoms with Crippen LogP contribution in [0.25, 0.3) is 0 Å². The molecule has 3 rings (SSSR count). The van der Waals surface area contributed by atoms with Gasteiger partial charge in [-0.3, -0.25) is 4.68 Å². The Morgan fingerprint density at radius 2 is 2.53 bits per heavy atom. The van der Waals surface area contributed by atoms with E-state index >= 15 is 0 Å². The minimum Gasteiger partial charge on any atom is -0.377 e. The van der Waals surface area contributed by atoms with E-state index in [1.807, 2.05) is 16.9 Å². The standard InChI is InChI=1S/C12H19N3O2/c1-4-14-15(6-1)8-11-2-3-12(17-11)9-13-5-7-16-10-12/h1,4,6,11,13H,2-3,5,7-10H2/t11?,12-/m0/s1. The minimum absolute atomic E-state index is 0.103. The Morgan fingerprint density at radius 1 is 1.53 bits per heavy atom. The fourth-order valence-corrected chi connectivity index (χ4v) is 2.65. The van der Waals surface area contributed by atoms with Crippen molar-refractivity contribution in [2.24, 2.45) is 0 Å². The van der Waals surface area contributed by atoms with Gasteiger partial charge in [-0.1, -0.05) is 0 Å². The maximum absolute atomic E-state index is 6.19. The lowest BCUT2D eigenvalue weighted by molar-refractivity contribution is -0.0821. The molecule has 94 valence electrons. The van der Waals surface area contributed by atoms with Crippen LogP contribution in [0.3, 0.4) is 0 Å². The van der Waals surface area contributed by atoms with Gasteiger partial charge in [0.25, 0.3) is 0 Å². The van der Waals surface area contributed by atoms with Gasteiger partial charge in [0.2, 0.25) is 0 Å². The van der Waals surface area contributed by atoms with E-state index in [9.17, 15) is 0 Å². The Morgan fingerprint density at radius 3 is 3.41 bits per heavy atom. The van der Waals surface area contributed by atoms with Gasteiger partial charge in [-0.05, 0) is 18.9 Å². The molecule has 17 heavy (non-hydrogen) atoms. The molecule has 2 fully saturated rings. The number of nitrogens with one attached hydrogen (secondary N) is 1. The van der Waals surface area contributed by atoms with Crippen LogP contribution in [0.5, 0.6) is 0 Å². The maximum atomic E-state index is 6.19. The summed E-state index contributed by atoms with van der Waals surface area (Å²) in [5.74, 6) is 0. The summed E-state index contributed by atoms with van der Waals surface area (Å²) in [6, 6.07) is 1.95. The topological polar surface area (TPSA) is 48.3 Å². The van der Waals surface area contributed by atoms with E-state index in [1.165, 1.54) is 0 Å². The van der Waals surface area contributed by atoms with Crippen molar-refractivity contribution in [3.05, 3.63) is 18.5 Å². The Hall–Kier alpha value is -0.910. The number of hydrogen-bond donors (Lipinski definition) is 1. The highest BCUT2D eigenvalue weighted by Crippen LogP contribution is 2.31. The summed E-state index contributed by atoms with van der Waals surface area (Å²) in [5.41, 5.74) is -0.103. The van der Waals surface area contributed by atoms with Gasteiger partial charge in [-0.25, -0.2) is 0 Å². The van der Waals surface area contributed by atoms with E-state index in [0.29, 0.717) is 0 Å². The summed E-state index contributed by atoms with van der Waals surface area (Å²) in [7, 11) is 0. The minimum atomic E-state index is -0.103. The van der Waals surface area contributed by atoms with Crippen molar-refractivity contribution in [3.63, 3.8) is 0 Å². The molecule has 2 aliphatic rings. The van der Waals surface area contributed by atoms with Crippen LogP contribution in [0.15, 0.2) is 18.5 Å². The Bertz CT molecular complexity index is 345. The Kier molecular flexibility index (Phi) is 3.13. The van der Waals surface area contributed by atoms with Crippen LogP contribution in [0.2, 0.25) is 0 Å². The molecule has 2 aliphatic heterocycles. The molecule has 1 N–H and O–H groups in total. The molecule has 1 aromatic rings. The lowest BCUT2D eigenvalue weighted by Crippen LogP contribution is -2.42. The zero-order valence-corrected chi connectivity index (χ0v) is 9.97. The molecule has 1 aromatic heterocycles. The van der Waals surface area contributed by atoms with Crippen molar-refractivity contribution in [2.45, 2.75) is 31.1 Å². The second kappa shape index (κ2) is 4.76. The summed E-state index contributed by atoms with van der Waals surface area (Å²) in [4.78, 5) is 0. The summed E-state index contributed by atoms with van der Waals surface area (Å²) < 4.78 is 13.7. The van der Waals surface area contributed by atoms with Gasteiger partial charge in [0.1, 0.15) is 5.60 Å². The number of hydrogen-bond acceptors (Lipinski definition) is 4. The molecule has 2 atom stereocenters. The van der Waals surface area contributed by atoms with E-state index in [1.54, 1.807) is 6.20 Å². The van der Waals surface area contributed by atoms with Gasteiger partial charge in [0, 0.05) is 25.5 Å². The van der Waals surface area contributed by atoms with Gasteiger partial charge in [0.05, 0.1) is 25.9 Å². The van der Waals surface area contributed by atoms with Crippen molar-refractivity contribution in [1.82, 2.24) is 15.1 Å². The first-order valence-electron chi connectivity index (χ1n) is 6.30. The van der Waals surface area contributed by atoms with Gasteiger partial charge in [-0.15, -0.1) is 0 Å². The number of nitrogens with zero attached hydrogens (tertiary/aromatic N) is 2. The monoisotopic (exact) mass is 237 g/mol. The highest BCUT2D eigenvalue weighted by atomic mass is 16.6. The second-order valence-electron chi connectivity index (χ2n) is 4.92. The number of aromatic nitrogens is 2. The fourth-order valence-electron chi connectivity index (χ4n) is 2.65. The molecule has 1 spiro atoms. The van der Waals surface area contributed by atoms with Crippen LogP contribution >= 0.6 is 0 Å². The number of rotatable bonds is 2. The zero-order chi connectivity index (χ0) is 11.6. The Balaban J connectivity index is 1.60. The van der Waals surface area contributed by atoms with Gasteiger partial charge in [-0.2, -0.15) is 5.10 Å². The molecule has 3 heterocycles. The van der Waals surface area contributed by atoms with Crippen molar-refractivity contribution >= 4 is 0 Å². The van der Waals surface area contributed by atoms with Gasteiger partial charge in [0.15, 0.2) is 0 Å². The average Bonchev–Trinajstić information content (AvgIpc) is 2.89. The highest BCUT2D eigenvalue weighted by molar-refractivity contribution is 4.92. The van der Waals surface area contributed by atoms with Gasteiger partial charge >= 0.3 is 0 Å². The summed E-state index contributed by atoms with van der Waals surface area (Å²) in [5, 5.41) is 7.61. The molecular weight excluding hydrogens is 218 g/mol. The molecule has 0 bridgehead atoms.